The molecule has 84 valence electrons. The quantitative estimate of drug-likeness (QED) is 0.457. The maximum absolute atomic E-state index is 11.5. The Morgan fingerprint density at radius 1 is 1.64 bits per heavy atom. The summed E-state index contributed by atoms with van der Waals surface area (Å²) in [5.41, 5.74) is -0.876. The molecule has 0 aromatic carbocycles. The van der Waals surface area contributed by atoms with Gasteiger partial charge in [0.15, 0.2) is 11.1 Å². The number of hydrogen-bond acceptors (Lipinski definition) is 3. The third-order valence-electron chi connectivity index (χ3n) is 1.86. The summed E-state index contributed by atoms with van der Waals surface area (Å²) in [5.74, 6) is -0.501. The van der Waals surface area contributed by atoms with E-state index in [1.807, 2.05) is 0 Å². The zero-order valence-electron chi connectivity index (χ0n) is 8.29. The van der Waals surface area contributed by atoms with Crippen molar-refractivity contribution < 1.29 is 18.3 Å². The Bertz CT molecular complexity index is 221. The lowest BCUT2D eigenvalue weighted by molar-refractivity contribution is -0.153. The van der Waals surface area contributed by atoms with E-state index < -0.39 is 22.5 Å². The van der Waals surface area contributed by atoms with Crippen LogP contribution in [0.1, 0.15) is 20.3 Å². The second-order valence-electron chi connectivity index (χ2n) is 3.19. The van der Waals surface area contributed by atoms with Crippen LogP contribution in [0.5, 0.6) is 0 Å². The molecule has 0 aromatic rings. The highest BCUT2D eigenvalue weighted by atomic mass is 79.9. The molecular formula is C8H15BrO4S. The van der Waals surface area contributed by atoms with Crippen LogP contribution >= 0.6 is 15.9 Å². The normalized spacial score (nSPS) is 17.1. The summed E-state index contributed by atoms with van der Waals surface area (Å²) in [5, 5.41) is 0.597. The van der Waals surface area contributed by atoms with Crippen LogP contribution in [0.2, 0.25) is 0 Å². The van der Waals surface area contributed by atoms with Gasteiger partial charge in [-0.25, -0.2) is 4.21 Å². The molecule has 1 N–H and O–H groups in total. The third kappa shape index (κ3) is 4.52. The molecule has 0 aliphatic carbocycles. The van der Waals surface area contributed by atoms with Crippen molar-refractivity contribution in [1.29, 1.82) is 0 Å². The largest absolute Gasteiger partial charge is 0.466 e. The van der Waals surface area contributed by atoms with E-state index >= 15 is 0 Å². The van der Waals surface area contributed by atoms with E-state index in [1.165, 1.54) is 0 Å². The van der Waals surface area contributed by atoms with Gasteiger partial charge < -0.3 is 9.29 Å². The first-order valence-electron chi connectivity index (χ1n) is 4.27. The highest BCUT2D eigenvalue weighted by Crippen LogP contribution is 2.25. The van der Waals surface area contributed by atoms with Crippen LogP contribution in [-0.2, 0) is 20.6 Å². The minimum atomic E-state index is -1.98. The van der Waals surface area contributed by atoms with E-state index in [2.05, 4.69) is 15.9 Å². The molecule has 0 fully saturated rings. The maximum Gasteiger partial charge on any atom is 0.312 e. The predicted molar refractivity (Wildman–Crippen MR) is 58.8 cm³/mol. The number of rotatable bonds is 6. The Labute approximate surface area is 94.8 Å². The van der Waals surface area contributed by atoms with Crippen LogP contribution < -0.4 is 0 Å². The van der Waals surface area contributed by atoms with Crippen molar-refractivity contribution in [2.75, 3.05) is 17.7 Å². The molecule has 0 aromatic heterocycles. The molecule has 0 aliphatic rings. The van der Waals surface area contributed by atoms with Crippen molar-refractivity contribution in [2.45, 2.75) is 20.3 Å². The molecule has 0 spiro atoms. The standard InChI is InChI=1S/C8H15BrO4S/c1-3-13-7(10)8(2,4-5-9)6-14(11)12/h3-6H2,1-2H3,(H,11,12). The highest BCUT2D eigenvalue weighted by Gasteiger charge is 2.35. The number of carbonyl (C=O) groups excluding carboxylic acids is 1. The molecule has 0 rings (SSSR count). The molecule has 0 saturated carbocycles. The topological polar surface area (TPSA) is 63.6 Å². The first kappa shape index (κ1) is 14.1. The highest BCUT2D eigenvalue weighted by molar-refractivity contribution is 9.09. The molecule has 0 radical (unpaired) electrons. The Balaban J connectivity index is 4.51. The summed E-state index contributed by atoms with van der Waals surface area (Å²) in [6.07, 6.45) is 0.484. The monoisotopic (exact) mass is 286 g/mol. The van der Waals surface area contributed by atoms with E-state index in [9.17, 15) is 9.00 Å². The van der Waals surface area contributed by atoms with Crippen LogP contribution in [0.4, 0.5) is 0 Å². The fourth-order valence-corrected chi connectivity index (χ4v) is 2.70. The van der Waals surface area contributed by atoms with Crippen LogP contribution in [0, 0.1) is 5.41 Å². The Morgan fingerprint density at radius 2 is 2.21 bits per heavy atom. The molecule has 0 bridgehead atoms. The van der Waals surface area contributed by atoms with Crippen LogP contribution in [0.15, 0.2) is 0 Å². The van der Waals surface area contributed by atoms with E-state index in [0.29, 0.717) is 11.8 Å². The summed E-state index contributed by atoms with van der Waals surface area (Å²) < 4.78 is 24.3. The molecule has 14 heavy (non-hydrogen) atoms. The maximum atomic E-state index is 11.5. The third-order valence-corrected chi connectivity index (χ3v) is 3.14. The Kier molecular flexibility index (Phi) is 6.55. The van der Waals surface area contributed by atoms with Gasteiger partial charge in [-0.2, -0.15) is 0 Å². The van der Waals surface area contributed by atoms with Gasteiger partial charge in [0.1, 0.15) is 0 Å². The first-order chi connectivity index (χ1) is 6.46. The van der Waals surface area contributed by atoms with Gasteiger partial charge in [-0.1, -0.05) is 15.9 Å². The van der Waals surface area contributed by atoms with E-state index in [0.717, 1.165) is 0 Å². The smallest absolute Gasteiger partial charge is 0.312 e. The van der Waals surface area contributed by atoms with Crippen molar-refractivity contribution in [3.63, 3.8) is 0 Å². The summed E-state index contributed by atoms with van der Waals surface area (Å²) in [6, 6.07) is 0. The number of ether oxygens (including phenoxy) is 1. The average molecular weight is 287 g/mol. The summed E-state index contributed by atoms with van der Waals surface area (Å²) in [6.45, 7) is 3.64. The lowest BCUT2D eigenvalue weighted by Gasteiger charge is -2.24. The number of halogens is 1. The fraction of sp³-hybridized carbons (Fsp3) is 0.875. The van der Waals surface area contributed by atoms with Crippen LogP contribution in [0.3, 0.4) is 0 Å². The van der Waals surface area contributed by atoms with Gasteiger partial charge in [0.05, 0.1) is 17.8 Å². The first-order valence-corrected chi connectivity index (χ1v) is 6.66. The molecule has 0 aliphatic heterocycles. The Morgan fingerprint density at radius 3 is 2.57 bits per heavy atom. The number of esters is 1. The minimum Gasteiger partial charge on any atom is -0.466 e. The molecule has 0 heterocycles. The van der Waals surface area contributed by atoms with E-state index in [-0.39, 0.29) is 12.4 Å². The molecule has 2 unspecified atom stereocenters. The second-order valence-corrected chi connectivity index (χ2v) is 4.91. The molecule has 6 heteroatoms. The van der Waals surface area contributed by atoms with E-state index in [1.54, 1.807) is 13.8 Å². The van der Waals surface area contributed by atoms with Gasteiger partial charge in [0.25, 0.3) is 0 Å². The second kappa shape index (κ2) is 6.53. The number of alkyl halides is 1. The van der Waals surface area contributed by atoms with Gasteiger partial charge in [-0.3, -0.25) is 4.79 Å². The molecule has 2 atom stereocenters. The SMILES string of the molecule is CCOC(=O)C(C)(CCBr)CS(=O)O. The lowest BCUT2D eigenvalue weighted by atomic mass is 9.90. The zero-order valence-corrected chi connectivity index (χ0v) is 10.7. The van der Waals surface area contributed by atoms with Gasteiger partial charge in [0, 0.05) is 5.33 Å². The van der Waals surface area contributed by atoms with Crippen molar-refractivity contribution in [1.82, 2.24) is 0 Å². The van der Waals surface area contributed by atoms with Crippen molar-refractivity contribution in [3.8, 4) is 0 Å². The average Bonchev–Trinajstić information content (AvgIpc) is 2.03. The molecule has 4 nitrogen and oxygen atoms in total. The van der Waals surface area contributed by atoms with Crippen LogP contribution in [0.25, 0.3) is 0 Å². The number of carbonyl (C=O) groups is 1. The van der Waals surface area contributed by atoms with Gasteiger partial charge in [-0.05, 0) is 20.3 Å². The fourth-order valence-electron chi connectivity index (χ4n) is 1.02. The van der Waals surface area contributed by atoms with Gasteiger partial charge in [-0.15, -0.1) is 0 Å². The summed E-state index contributed by atoms with van der Waals surface area (Å²) >= 11 is 1.22. The molecule has 0 saturated heterocycles. The number of hydrogen-bond donors (Lipinski definition) is 1. The Hall–Kier alpha value is 0.0600. The minimum absolute atomic E-state index is 0.0859. The van der Waals surface area contributed by atoms with Gasteiger partial charge >= 0.3 is 5.97 Å². The summed E-state index contributed by atoms with van der Waals surface area (Å²) in [7, 11) is 0. The van der Waals surface area contributed by atoms with Crippen LogP contribution in [-0.4, -0.2) is 32.4 Å². The van der Waals surface area contributed by atoms with Crippen molar-refractivity contribution >= 4 is 33.0 Å². The van der Waals surface area contributed by atoms with E-state index in [4.69, 9.17) is 9.29 Å². The van der Waals surface area contributed by atoms with Gasteiger partial charge in [0.2, 0.25) is 0 Å². The zero-order chi connectivity index (χ0) is 11.2. The lowest BCUT2D eigenvalue weighted by Crippen LogP contribution is -2.35. The molecular weight excluding hydrogens is 272 g/mol. The summed E-state index contributed by atoms with van der Waals surface area (Å²) in [4.78, 5) is 11.5. The predicted octanol–water partition coefficient (Wildman–Crippen LogP) is 1.56. The van der Waals surface area contributed by atoms with Crippen molar-refractivity contribution in [3.05, 3.63) is 0 Å². The van der Waals surface area contributed by atoms with Crippen molar-refractivity contribution in [2.24, 2.45) is 5.41 Å². The molecule has 0 amide bonds.